The summed E-state index contributed by atoms with van der Waals surface area (Å²) in [6.07, 6.45) is 0. The molecular weight excluding hydrogens is 284 g/mol. The van der Waals surface area contributed by atoms with Crippen LogP contribution in [0.15, 0.2) is 36.4 Å². The highest BCUT2D eigenvalue weighted by Crippen LogP contribution is 2.32. The molecule has 3 N–H and O–H groups in total. The summed E-state index contributed by atoms with van der Waals surface area (Å²) in [6, 6.07) is 11.2. The smallest absolute Gasteiger partial charge is 0.139 e. The van der Waals surface area contributed by atoms with E-state index in [1.807, 2.05) is 19.1 Å². The molecule has 0 aliphatic heterocycles. The van der Waals surface area contributed by atoms with Gasteiger partial charge in [0.25, 0.3) is 0 Å². The summed E-state index contributed by atoms with van der Waals surface area (Å²) < 4.78 is 5.97. The number of nitrogens with one attached hydrogen (secondary N) is 1. The lowest BCUT2D eigenvalue weighted by Crippen LogP contribution is -2.12. The number of nitrogens with two attached hydrogens (primary N) is 1. The average molecular weight is 303 g/mol. The number of ether oxygens (including phenoxy) is 1. The van der Waals surface area contributed by atoms with Crippen molar-refractivity contribution in [3.8, 4) is 11.5 Å². The summed E-state index contributed by atoms with van der Waals surface area (Å²) in [5.41, 5.74) is 8.35. The first kappa shape index (κ1) is 15.4. The summed E-state index contributed by atoms with van der Waals surface area (Å²) in [4.78, 5) is 0. The molecule has 0 saturated carbocycles. The average Bonchev–Trinajstić information content (AvgIpc) is 2.40. The SMILES string of the molecule is Cc1ccc(C(C)C)cc1Oc1cc(Cl)ccc1C(=N)N. The van der Waals surface area contributed by atoms with E-state index in [1.165, 1.54) is 5.56 Å². The predicted molar refractivity (Wildman–Crippen MR) is 87.8 cm³/mol. The van der Waals surface area contributed by atoms with Gasteiger partial charge < -0.3 is 10.5 Å². The molecule has 0 aliphatic rings. The minimum Gasteiger partial charge on any atom is -0.456 e. The Balaban J connectivity index is 2.44. The molecule has 21 heavy (non-hydrogen) atoms. The first-order valence-electron chi connectivity index (χ1n) is 6.81. The third kappa shape index (κ3) is 3.56. The number of benzene rings is 2. The fourth-order valence-corrected chi connectivity index (χ4v) is 2.17. The third-order valence-electron chi connectivity index (χ3n) is 3.33. The predicted octanol–water partition coefficient (Wildman–Crippen LogP) is 4.85. The monoisotopic (exact) mass is 302 g/mol. The Morgan fingerprint density at radius 2 is 1.86 bits per heavy atom. The molecule has 0 bridgehead atoms. The summed E-state index contributed by atoms with van der Waals surface area (Å²) in [7, 11) is 0. The van der Waals surface area contributed by atoms with E-state index in [-0.39, 0.29) is 5.84 Å². The van der Waals surface area contributed by atoms with Gasteiger partial charge in [-0.05, 0) is 42.2 Å². The molecule has 2 aromatic rings. The first-order chi connectivity index (χ1) is 9.88. The number of rotatable bonds is 4. The van der Waals surface area contributed by atoms with Crippen LogP contribution in [0, 0.1) is 12.3 Å². The Morgan fingerprint density at radius 3 is 2.48 bits per heavy atom. The van der Waals surface area contributed by atoms with Gasteiger partial charge in [-0.3, -0.25) is 5.41 Å². The molecule has 0 atom stereocenters. The highest BCUT2D eigenvalue weighted by atomic mass is 35.5. The standard InChI is InChI=1S/C17H19ClN2O/c1-10(2)12-5-4-11(3)15(8-12)21-16-9-13(18)6-7-14(16)17(19)20/h4-10H,1-3H3,(H3,19,20). The highest BCUT2D eigenvalue weighted by molar-refractivity contribution is 6.30. The fraction of sp³-hybridized carbons (Fsp3) is 0.235. The number of nitrogen functional groups attached to an aromatic ring is 1. The molecule has 0 unspecified atom stereocenters. The summed E-state index contributed by atoms with van der Waals surface area (Å²) >= 11 is 6.02. The number of halogens is 1. The lowest BCUT2D eigenvalue weighted by atomic mass is 10.0. The van der Waals surface area contributed by atoms with Gasteiger partial charge in [-0.25, -0.2) is 0 Å². The quantitative estimate of drug-likeness (QED) is 0.626. The van der Waals surface area contributed by atoms with Gasteiger partial charge in [-0.2, -0.15) is 0 Å². The third-order valence-corrected chi connectivity index (χ3v) is 3.57. The van der Waals surface area contributed by atoms with E-state index in [1.54, 1.807) is 18.2 Å². The molecule has 0 fully saturated rings. The molecule has 2 rings (SSSR count). The molecule has 0 radical (unpaired) electrons. The Morgan fingerprint density at radius 1 is 1.14 bits per heavy atom. The van der Waals surface area contributed by atoms with Crippen molar-refractivity contribution in [3.63, 3.8) is 0 Å². The Hall–Kier alpha value is -2.00. The van der Waals surface area contributed by atoms with Crippen LogP contribution in [-0.4, -0.2) is 5.84 Å². The van der Waals surface area contributed by atoms with Crippen molar-refractivity contribution in [1.29, 1.82) is 5.41 Å². The lowest BCUT2D eigenvalue weighted by Gasteiger charge is -2.15. The zero-order valence-electron chi connectivity index (χ0n) is 12.4. The van der Waals surface area contributed by atoms with Crippen LogP contribution in [-0.2, 0) is 0 Å². The van der Waals surface area contributed by atoms with E-state index in [9.17, 15) is 0 Å². The van der Waals surface area contributed by atoms with Crippen molar-refractivity contribution in [3.05, 3.63) is 58.1 Å². The van der Waals surface area contributed by atoms with Gasteiger partial charge in [0.1, 0.15) is 17.3 Å². The maximum atomic E-state index is 7.63. The van der Waals surface area contributed by atoms with Crippen molar-refractivity contribution in [2.24, 2.45) is 5.73 Å². The second-order valence-electron chi connectivity index (χ2n) is 5.34. The van der Waals surface area contributed by atoms with Gasteiger partial charge in [0.05, 0.1) is 5.56 Å². The van der Waals surface area contributed by atoms with E-state index in [2.05, 4.69) is 19.9 Å². The topological polar surface area (TPSA) is 59.1 Å². The van der Waals surface area contributed by atoms with Crippen LogP contribution in [0.3, 0.4) is 0 Å². The molecule has 0 heterocycles. The van der Waals surface area contributed by atoms with Gasteiger partial charge in [-0.1, -0.05) is 37.6 Å². The minimum absolute atomic E-state index is 0.0423. The molecule has 0 aromatic heterocycles. The fourth-order valence-electron chi connectivity index (χ4n) is 2.01. The zero-order chi connectivity index (χ0) is 15.6. The van der Waals surface area contributed by atoms with Crippen LogP contribution >= 0.6 is 11.6 Å². The van der Waals surface area contributed by atoms with Crippen LogP contribution in [0.2, 0.25) is 5.02 Å². The van der Waals surface area contributed by atoms with E-state index in [4.69, 9.17) is 27.5 Å². The molecular formula is C17H19ClN2O. The van der Waals surface area contributed by atoms with Crippen LogP contribution in [0.25, 0.3) is 0 Å². The van der Waals surface area contributed by atoms with Gasteiger partial charge in [-0.15, -0.1) is 0 Å². The molecule has 0 amide bonds. The van der Waals surface area contributed by atoms with Gasteiger partial charge in [0.2, 0.25) is 0 Å². The second kappa shape index (κ2) is 6.19. The molecule has 0 aliphatic carbocycles. The van der Waals surface area contributed by atoms with E-state index in [0.29, 0.717) is 22.3 Å². The molecule has 2 aromatic carbocycles. The maximum Gasteiger partial charge on any atom is 0.139 e. The van der Waals surface area contributed by atoms with Crippen LogP contribution in [0.1, 0.15) is 36.5 Å². The summed E-state index contributed by atoms with van der Waals surface area (Å²) in [6.45, 7) is 6.25. The molecule has 0 saturated heterocycles. The minimum atomic E-state index is -0.0423. The van der Waals surface area contributed by atoms with Crippen molar-refractivity contribution in [2.45, 2.75) is 26.7 Å². The molecule has 3 nitrogen and oxygen atoms in total. The maximum absolute atomic E-state index is 7.63. The highest BCUT2D eigenvalue weighted by Gasteiger charge is 2.11. The van der Waals surface area contributed by atoms with Crippen LogP contribution < -0.4 is 10.5 Å². The molecule has 0 spiro atoms. The summed E-state index contributed by atoms with van der Waals surface area (Å²) in [5.74, 6) is 1.63. The molecule has 110 valence electrons. The van der Waals surface area contributed by atoms with E-state index in [0.717, 1.165) is 11.3 Å². The number of hydrogen-bond donors (Lipinski definition) is 2. The largest absolute Gasteiger partial charge is 0.456 e. The van der Waals surface area contributed by atoms with E-state index >= 15 is 0 Å². The van der Waals surface area contributed by atoms with Crippen molar-refractivity contribution < 1.29 is 4.74 Å². The number of aryl methyl sites for hydroxylation is 1. The van der Waals surface area contributed by atoms with Crippen molar-refractivity contribution >= 4 is 17.4 Å². The van der Waals surface area contributed by atoms with Crippen molar-refractivity contribution in [1.82, 2.24) is 0 Å². The van der Waals surface area contributed by atoms with Crippen molar-refractivity contribution in [2.75, 3.05) is 0 Å². The summed E-state index contributed by atoms with van der Waals surface area (Å²) in [5, 5.41) is 8.18. The van der Waals surface area contributed by atoms with E-state index < -0.39 is 0 Å². The Labute approximate surface area is 130 Å². The Kier molecular flexibility index (Phi) is 4.53. The second-order valence-corrected chi connectivity index (χ2v) is 5.77. The van der Waals surface area contributed by atoms with Crippen LogP contribution in [0.5, 0.6) is 11.5 Å². The van der Waals surface area contributed by atoms with Crippen LogP contribution in [0.4, 0.5) is 0 Å². The normalized spacial score (nSPS) is 10.7. The zero-order valence-corrected chi connectivity index (χ0v) is 13.2. The van der Waals surface area contributed by atoms with Gasteiger partial charge in [0.15, 0.2) is 0 Å². The molecule has 4 heteroatoms. The van der Waals surface area contributed by atoms with Gasteiger partial charge in [0, 0.05) is 11.1 Å². The number of hydrogen-bond acceptors (Lipinski definition) is 2. The number of amidine groups is 1. The lowest BCUT2D eigenvalue weighted by molar-refractivity contribution is 0.476. The first-order valence-corrected chi connectivity index (χ1v) is 7.18. The van der Waals surface area contributed by atoms with Gasteiger partial charge >= 0.3 is 0 Å². The Bertz CT molecular complexity index is 680.